The summed E-state index contributed by atoms with van der Waals surface area (Å²) in [6, 6.07) is 1.54. The molecule has 0 bridgehead atoms. The molecule has 0 radical (unpaired) electrons. The standard InChI is InChI=1S/C14H27N5O2/c1-11(2)19(10-12(3)20)14(21)15-13-6-7-18(16-13)9-8-17(4)5/h6-7,11-12,20H,8-10H2,1-5H3,(H,15,16,21). The Hall–Kier alpha value is -1.60. The zero-order chi connectivity index (χ0) is 16.0. The first-order chi connectivity index (χ1) is 9.79. The summed E-state index contributed by atoms with van der Waals surface area (Å²) in [6.07, 6.45) is 1.28. The van der Waals surface area contributed by atoms with Crippen LogP contribution in [0.15, 0.2) is 12.3 Å². The molecular formula is C14H27N5O2. The average molecular weight is 297 g/mol. The molecule has 0 fully saturated rings. The summed E-state index contributed by atoms with van der Waals surface area (Å²) in [4.78, 5) is 15.9. The lowest BCUT2D eigenvalue weighted by Crippen LogP contribution is -2.43. The number of amides is 2. The first kappa shape index (κ1) is 17.5. The minimum Gasteiger partial charge on any atom is -0.392 e. The van der Waals surface area contributed by atoms with Gasteiger partial charge in [-0.3, -0.25) is 10.00 Å². The number of hydrogen-bond acceptors (Lipinski definition) is 4. The molecule has 0 saturated heterocycles. The van der Waals surface area contributed by atoms with Gasteiger partial charge in [0.05, 0.1) is 12.6 Å². The molecule has 120 valence electrons. The Bertz CT molecular complexity index is 442. The van der Waals surface area contributed by atoms with Crippen LogP contribution < -0.4 is 5.32 Å². The number of anilines is 1. The predicted octanol–water partition coefficient (Wildman–Crippen LogP) is 1.07. The van der Waals surface area contributed by atoms with Crippen molar-refractivity contribution in [2.24, 2.45) is 0 Å². The lowest BCUT2D eigenvalue weighted by atomic mass is 10.3. The molecule has 0 spiro atoms. The van der Waals surface area contributed by atoms with Crippen molar-refractivity contribution in [3.8, 4) is 0 Å². The third-order valence-electron chi connectivity index (χ3n) is 3.00. The quantitative estimate of drug-likeness (QED) is 0.789. The molecule has 1 rings (SSSR count). The van der Waals surface area contributed by atoms with Crippen molar-refractivity contribution in [3.63, 3.8) is 0 Å². The number of nitrogens with one attached hydrogen (secondary N) is 1. The molecule has 2 N–H and O–H groups in total. The zero-order valence-corrected chi connectivity index (χ0v) is 13.6. The summed E-state index contributed by atoms with van der Waals surface area (Å²) in [5, 5.41) is 16.5. The smallest absolute Gasteiger partial charge is 0.323 e. The number of carbonyl (C=O) groups is 1. The van der Waals surface area contributed by atoms with Crippen molar-refractivity contribution in [2.45, 2.75) is 39.5 Å². The van der Waals surface area contributed by atoms with Gasteiger partial charge in [-0.05, 0) is 34.9 Å². The Morgan fingerprint density at radius 1 is 1.43 bits per heavy atom. The first-order valence-corrected chi connectivity index (χ1v) is 7.23. The van der Waals surface area contributed by atoms with Gasteiger partial charge in [-0.1, -0.05) is 0 Å². The maximum atomic E-state index is 12.2. The van der Waals surface area contributed by atoms with Crippen molar-refractivity contribution in [1.29, 1.82) is 0 Å². The van der Waals surface area contributed by atoms with Crippen LogP contribution in [0.1, 0.15) is 20.8 Å². The third kappa shape index (κ3) is 6.14. The van der Waals surface area contributed by atoms with Crippen LogP contribution in [0.25, 0.3) is 0 Å². The van der Waals surface area contributed by atoms with Gasteiger partial charge in [-0.15, -0.1) is 0 Å². The highest BCUT2D eigenvalue weighted by molar-refractivity contribution is 5.88. The van der Waals surface area contributed by atoms with E-state index in [1.807, 2.05) is 34.1 Å². The zero-order valence-electron chi connectivity index (χ0n) is 13.6. The van der Waals surface area contributed by atoms with Crippen molar-refractivity contribution < 1.29 is 9.90 Å². The van der Waals surface area contributed by atoms with Crippen LogP contribution in [0.4, 0.5) is 10.6 Å². The van der Waals surface area contributed by atoms with Gasteiger partial charge in [0.15, 0.2) is 5.82 Å². The number of rotatable bonds is 7. The van der Waals surface area contributed by atoms with Gasteiger partial charge in [-0.25, -0.2) is 4.79 Å². The number of aromatic nitrogens is 2. The van der Waals surface area contributed by atoms with Crippen molar-refractivity contribution in [3.05, 3.63) is 12.3 Å². The van der Waals surface area contributed by atoms with E-state index >= 15 is 0 Å². The predicted molar refractivity (Wildman–Crippen MR) is 83.3 cm³/mol. The fourth-order valence-corrected chi connectivity index (χ4v) is 1.85. The van der Waals surface area contributed by atoms with E-state index in [0.29, 0.717) is 12.4 Å². The number of urea groups is 1. The molecule has 1 unspecified atom stereocenters. The SMILES string of the molecule is CC(O)CN(C(=O)Nc1ccn(CCN(C)C)n1)C(C)C. The summed E-state index contributed by atoms with van der Waals surface area (Å²) < 4.78 is 1.80. The molecule has 0 aromatic carbocycles. The van der Waals surface area contributed by atoms with Gasteiger partial charge < -0.3 is 14.9 Å². The number of aliphatic hydroxyl groups excluding tert-OH is 1. The van der Waals surface area contributed by atoms with Gasteiger partial charge in [0, 0.05) is 31.4 Å². The van der Waals surface area contributed by atoms with E-state index in [1.54, 1.807) is 22.6 Å². The molecule has 7 heteroatoms. The highest BCUT2D eigenvalue weighted by Crippen LogP contribution is 2.07. The topological polar surface area (TPSA) is 73.6 Å². The van der Waals surface area contributed by atoms with Gasteiger partial charge in [0.2, 0.25) is 0 Å². The maximum absolute atomic E-state index is 12.2. The average Bonchev–Trinajstić information content (AvgIpc) is 2.80. The Morgan fingerprint density at radius 3 is 2.62 bits per heavy atom. The minimum atomic E-state index is -0.559. The summed E-state index contributed by atoms with van der Waals surface area (Å²) in [6.45, 7) is 7.44. The second kappa shape index (κ2) is 7.99. The Morgan fingerprint density at radius 2 is 2.10 bits per heavy atom. The van der Waals surface area contributed by atoms with E-state index in [2.05, 4.69) is 15.3 Å². The minimum absolute atomic E-state index is 0.00965. The second-order valence-electron chi connectivity index (χ2n) is 5.79. The van der Waals surface area contributed by atoms with Gasteiger partial charge in [-0.2, -0.15) is 5.10 Å². The molecule has 0 aliphatic rings. The number of likely N-dealkylation sites (N-methyl/N-ethyl adjacent to an activating group) is 1. The Labute approximate surface area is 126 Å². The number of nitrogens with zero attached hydrogens (tertiary/aromatic N) is 4. The summed E-state index contributed by atoms with van der Waals surface area (Å²) in [5.74, 6) is 0.523. The fourth-order valence-electron chi connectivity index (χ4n) is 1.85. The highest BCUT2D eigenvalue weighted by Gasteiger charge is 2.19. The normalized spacial score (nSPS) is 12.8. The van der Waals surface area contributed by atoms with Crippen molar-refractivity contribution in [1.82, 2.24) is 19.6 Å². The first-order valence-electron chi connectivity index (χ1n) is 7.23. The third-order valence-corrected chi connectivity index (χ3v) is 3.00. The maximum Gasteiger partial charge on any atom is 0.323 e. The molecule has 1 aromatic rings. The summed E-state index contributed by atoms with van der Waals surface area (Å²) in [5.41, 5.74) is 0. The van der Waals surface area contributed by atoms with Crippen molar-refractivity contribution >= 4 is 11.8 Å². The summed E-state index contributed by atoms with van der Waals surface area (Å²) in [7, 11) is 4.01. The van der Waals surface area contributed by atoms with E-state index in [9.17, 15) is 9.90 Å². The van der Waals surface area contributed by atoms with Crippen LogP contribution in [-0.2, 0) is 6.54 Å². The highest BCUT2D eigenvalue weighted by atomic mass is 16.3. The molecule has 1 atom stereocenters. The second-order valence-corrected chi connectivity index (χ2v) is 5.79. The van der Waals surface area contributed by atoms with Crippen LogP contribution in [0, 0.1) is 0 Å². The largest absolute Gasteiger partial charge is 0.392 e. The molecule has 1 heterocycles. The number of carbonyl (C=O) groups excluding carboxylic acids is 1. The molecule has 0 aliphatic carbocycles. The van der Waals surface area contributed by atoms with E-state index < -0.39 is 6.10 Å². The van der Waals surface area contributed by atoms with E-state index in [-0.39, 0.29) is 12.1 Å². The fraction of sp³-hybridized carbons (Fsp3) is 0.714. The van der Waals surface area contributed by atoms with Crippen molar-refractivity contribution in [2.75, 3.05) is 32.5 Å². The van der Waals surface area contributed by atoms with Crippen LogP contribution in [0.3, 0.4) is 0 Å². The lowest BCUT2D eigenvalue weighted by Gasteiger charge is -2.27. The number of hydrogen-bond donors (Lipinski definition) is 2. The van der Waals surface area contributed by atoms with Gasteiger partial charge in [0.25, 0.3) is 0 Å². The van der Waals surface area contributed by atoms with E-state index in [4.69, 9.17) is 0 Å². The van der Waals surface area contributed by atoms with Crippen LogP contribution in [0.5, 0.6) is 0 Å². The molecule has 7 nitrogen and oxygen atoms in total. The van der Waals surface area contributed by atoms with E-state index in [0.717, 1.165) is 13.1 Å². The summed E-state index contributed by atoms with van der Waals surface area (Å²) >= 11 is 0. The van der Waals surface area contributed by atoms with Crippen LogP contribution >= 0.6 is 0 Å². The molecular weight excluding hydrogens is 270 g/mol. The molecule has 21 heavy (non-hydrogen) atoms. The van der Waals surface area contributed by atoms with Crippen LogP contribution in [0.2, 0.25) is 0 Å². The molecule has 2 amide bonds. The van der Waals surface area contributed by atoms with Gasteiger partial charge in [0.1, 0.15) is 0 Å². The van der Waals surface area contributed by atoms with Gasteiger partial charge >= 0.3 is 6.03 Å². The van der Waals surface area contributed by atoms with E-state index in [1.165, 1.54) is 0 Å². The number of aliphatic hydroxyl groups is 1. The molecule has 1 aromatic heterocycles. The monoisotopic (exact) mass is 297 g/mol. The Balaban J connectivity index is 2.60. The molecule has 0 saturated carbocycles. The van der Waals surface area contributed by atoms with Crippen LogP contribution in [-0.4, -0.2) is 70.0 Å². The lowest BCUT2D eigenvalue weighted by molar-refractivity contribution is 0.125. The Kier molecular flexibility index (Phi) is 6.64. The molecule has 0 aliphatic heterocycles.